The fourth-order valence-corrected chi connectivity index (χ4v) is 1.46. The zero-order valence-electron chi connectivity index (χ0n) is 9.20. The molecule has 0 aliphatic carbocycles. The van der Waals surface area contributed by atoms with Crippen molar-refractivity contribution in [3.8, 4) is 5.75 Å². The first-order valence-electron chi connectivity index (χ1n) is 5.20. The van der Waals surface area contributed by atoms with E-state index in [9.17, 15) is 5.11 Å². The van der Waals surface area contributed by atoms with Crippen LogP contribution in [0.15, 0.2) is 23.4 Å². The molecule has 0 aliphatic rings. The van der Waals surface area contributed by atoms with E-state index in [1.165, 1.54) is 0 Å². The number of hydrogen-bond donors (Lipinski definition) is 2. The molecule has 0 fully saturated rings. The highest BCUT2D eigenvalue weighted by atomic mass is 16.4. The van der Waals surface area contributed by atoms with Crippen LogP contribution in [-0.2, 0) is 0 Å². The molecule has 1 aromatic rings. The molecule has 0 atom stereocenters. The zero-order valence-corrected chi connectivity index (χ0v) is 9.20. The topological polar surface area (TPSA) is 52.8 Å². The molecular formula is C12H17NO2. The third-order valence-electron chi connectivity index (χ3n) is 2.35. The molecule has 1 aromatic carbocycles. The number of unbranched alkanes of at least 4 members (excludes halogenated alkanes) is 1. The molecule has 2 N–H and O–H groups in total. The molecule has 0 saturated carbocycles. The fourth-order valence-electron chi connectivity index (χ4n) is 1.46. The summed E-state index contributed by atoms with van der Waals surface area (Å²) in [5, 5.41) is 21.8. The van der Waals surface area contributed by atoms with Gasteiger partial charge in [-0.05, 0) is 31.9 Å². The van der Waals surface area contributed by atoms with Crippen LogP contribution < -0.4 is 0 Å². The van der Waals surface area contributed by atoms with Crippen molar-refractivity contribution in [1.82, 2.24) is 0 Å². The van der Waals surface area contributed by atoms with Gasteiger partial charge in [0.1, 0.15) is 5.75 Å². The quantitative estimate of drug-likeness (QED) is 0.453. The number of phenolic OH excluding ortho intramolecular Hbond substituents is 1. The highest BCUT2D eigenvalue weighted by molar-refractivity contribution is 6.02. The maximum Gasteiger partial charge on any atom is 0.124 e. The van der Waals surface area contributed by atoms with Crippen LogP contribution in [0.5, 0.6) is 5.75 Å². The van der Waals surface area contributed by atoms with Crippen LogP contribution in [-0.4, -0.2) is 16.0 Å². The van der Waals surface area contributed by atoms with Crippen LogP contribution in [0.1, 0.15) is 37.3 Å². The summed E-state index contributed by atoms with van der Waals surface area (Å²) < 4.78 is 0. The Hall–Kier alpha value is -1.51. The summed E-state index contributed by atoms with van der Waals surface area (Å²) >= 11 is 0. The van der Waals surface area contributed by atoms with Crippen molar-refractivity contribution in [1.29, 1.82) is 0 Å². The molecule has 0 unspecified atom stereocenters. The Balaban J connectivity index is 2.96. The SMILES string of the molecule is CCCC/C(=N\O)c1cc(C)ccc1O. The second kappa shape index (κ2) is 5.39. The van der Waals surface area contributed by atoms with Crippen molar-refractivity contribution in [3.05, 3.63) is 29.3 Å². The van der Waals surface area contributed by atoms with Gasteiger partial charge in [-0.2, -0.15) is 0 Å². The highest BCUT2D eigenvalue weighted by Gasteiger charge is 2.09. The molecule has 0 heterocycles. The monoisotopic (exact) mass is 207 g/mol. The van der Waals surface area contributed by atoms with E-state index in [4.69, 9.17) is 5.21 Å². The van der Waals surface area contributed by atoms with Crippen molar-refractivity contribution in [3.63, 3.8) is 0 Å². The Morgan fingerprint density at radius 1 is 1.40 bits per heavy atom. The summed E-state index contributed by atoms with van der Waals surface area (Å²) in [5.41, 5.74) is 2.23. The van der Waals surface area contributed by atoms with Crippen molar-refractivity contribution >= 4 is 5.71 Å². The van der Waals surface area contributed by atoms with Crippen LogP contribution >= 0.6 is 0 Å². The molecule has 15 heavy (non-hydrogen) atoms. The average molecular weight is 207 g/mol. The molecular weight excluding hydrogens is 190 g/mol. The predicted molar refractivity (Wildman–Crippen MR) is 60.7 cm³/mol. The van der Waals surface area contributed by atoms with Crippen LogP contribution in [0.4, 0.5) is 0 Å². The summed E-state index contributed by atoms with van der Waals surface area (Å²) in [6.45, 7) is 4.02. The van der Waals surface area contributed by atoms with Crippen molar-refractivity contribution in [2.24, 2.45) is 5.16 Å². The van der Waals surface area contributed by atoms with E-state index in [0.717, 1.165) is 18.4 Å². The number of phenols is 1. The van der Waals surface area contributed by atoms with E-state index >= 15 is 0 Å². The summed E-state index contributed by atoms with van der Waals surface area (Å²) in [4.78, 5) is 0. The third-order valence-corrected chi connectivity index (χ3v) is 2.35. The lowest BCUT2D eigenvalue weighted by Crippen LogP contribution is -2.01. The van der Waals surface area contributed by atoms with E-state index in [1.54, 1.807) is 6.07 Å². The van der Waals surface area contributed by atoms with E-state index in [2.05, 4.69) is 12.1 Å². The number of benzene rings is 1. The summed E-state index contributed by atoms with van der Waals surface area (Å²) in [5.74, 6) is 0.171. The zero-order chi connectivity index (χ0) is 11.3. The van der Waals surface area contributed by atoms with Gasteiger partial charge < -0.3 is 10.3 Å². The first-order chi connectivity index (χ1) is 7.19. The van der Waals surface area contributed by atoms with Crippen molar-refractivity contribution in [2.75, 3.05) is 0 Å². The maximum atomic E-state index is 9.64. The normalized spacial score (nSPS) is 11.7. The Labute approximate surface area is 90.1 Å². The maximum absolute atomic E-state index is 9.64. The van der Waals surface area contributed by atoms with Gasteiger partial charge in [-0.25, -0.2) is 0 Å². The van der Waals surface area contributed by atoms with Gasteiger partial charge in [0.05, 0.1) is 5.71 Å². The van der Waals surface area contributed by atoms with Crippen molar-refractivity contribution in [2.45, 2.75) is 33.1 Å². The number of oxime groups is 1. The Kier molecular flexibility index (Phi) is 4.16. The van der Waals surface area contributed by atoms with Gasteiger partial charge in [-0.3, -0.25) is 0 Å². The molecule has 0 aliphatic heterocycles. The Morgan fingerprint density at radius 2 is 2.13 bits per heavy atom. The lowest BCUT2D eigenvalue weighted by molar-refractivity contribution is 0.317. The number of rotatable bonds is 4. The molecule has 0 saturated heterocycles. The van der Waals surface area contributed by atoms with Crippen LogP contribution in [0, 0.1) is 6.92 Å². The van der Waals surface area contributed by atoms with Gasteiger partial charge in [-0.15, -0.1) is 0 Å². The second-order valence-corrected chi connectivity index (χ2v) is 3.67. The van der Waals surface area contributed by atoms with E-state index < -0.39 is 0 Å². The first-order valence-corrected chi connectivity index (χ1v) is 5.20. The minimum Gasteiger partial charge on any atom is -0.507 e. The van der Waals surface area contributed by atoms with Crippen LogP contribution in [0.3, 0.4) is 0 Å². The molecule has 3 nitrogen and oxygen atoms in total. The van der Waals surface area contributed by atoms with Crippen molar-refractivity contribution < 1.29 is 10.3 Å². The molecule has 1 rings (SSSR count). The average Bonchev–Trinajstić information content (AvgIpc) is 2.24. The standard InChI is InChI=1S/C12H17NO2/c1-3-4-5-11(13-15)10-8-9(2)6-7-12(10)14/h6-8,14-15H,3-5H2,1-2H3/b13-11+. The van der Waals surface area contributed by atoms with Gasteiger partial charge in [0, 0.05) is 5.56 Å². The van der Waals surface area contributed by atoms with Gasteiger partial charge in [0.15, 0.2) is 0 Å². The summed E-state index contributed by atoms with van der Waals surface area (Å²) in [6, 6.07) is 5.29. The summed E-state index contributed by atoms with van der Waals surface area (Å²) in [7, 11) is 0. The third kappa shape index (κ3) is 2.98. The number of aryl methyl sites for hydroxylation is 1. The fraction of sp³-hybridized carbons (Fsp3) is 0.417. The molecule has 0 bridgehead atoms. The Morgan fingerprint density at radius 3 is 2.73 bits per heavy atom. The molecule has 82 valence electrons. The largest absolute Gasteiger partial charge is 0.507 e. The first kappa shape index (κ1) is 11.6. The minimum atomic E-state index is 0.171. The van der Waals surface area contributed by atoms with Gasteiger partial charge in [0.25, 0.3) is 0 Å². The lowest BCUT2D eigenvalue weighted by atomic mass is 10.0. The molecule has 0 aromatic heterocycles. The van der Waals surface area contributed by atoms with Gasteiger partial charge >= 0.3 is 0 Å². The number of hydrogen-bond acceptors (Lipinski definition) is 3. The highest BCUT2D eigenvalue weighted by Crippen LogP contribution is 2.21. The molecule has 0 amide bonds. The molecule has 0 radical (unpaired) electrons. The molecule has 0 spiro atoms. The number of nitrogens with zero attached hydrogens (tertiary/aromatic N) is 1. The Bertz CT molecular complexity index is 359. The predicted octanol–water partition coefficient (Wildman–Crippen LogP) is 3.07. The minimum absolute atomic E-state index is 0.171. The smallest absolute Gasteiger partial charge is 0.124 e. The van der Waals surface area contributed by atoms with E-state index in [-0.39, 0.29) is 5.75 Å². The number of aromatic hydroxyl groups is 1. The van der Waals surface area contributed by atoms with Gasteiger partial charge in [-0.1, -0.05) is 30.1 Å². The summed E-state index contributed by atoms with van der Waals surface area (Å²) in [6.07, 6.45) is 2.67. The van der Waals surface area contributed by atoms with Crippen LogP contribution in [0.2, 0.25) is 0 Å². The molecule has 3 heteroatoms. The van der Waals surface area contributed by atoms with E-state index in [1.807, 2.05) is 19.1 Å². The van der Waals surface area contributed by atoms with Crippen LogP contribution in [0.25, 0.3) is 0 Å². The van der Waals surface area contributed by atoms with Gasteiger partial charge in [0.2, 0.25) is 0 Å². The second-order valence-electron chi connectivity index (χ2n) is 3.67. The lowest BCUT2D eigenvalue weighted by Gasteiger charge is -2.07. The van der Waals surface area contributed by atoms with E-state index in [0.29, 0.717) is 17.7 Å².